The van der Waals surface area contributed by atoms with Gasteiger partial charge in [0, 0.05) is 30.9 Å². The van der Waals surface area contributed by atoms with Crippen LogP contribution in [0.4, 0.5) is 5.82 Å². The number of nitrogens with one attached hydrogen (secondary N) is 2. The topological polar surface area (TPSA) is 73.9 Å². The van der Waals surface area contributed by atoms with E-state index >= 15 is 0 Å². The molecule has 6 nitrogen and oxygen atoms in total. The van der Waals surface area contributed by atoms with Crippen molar-refractivity contribution in [1.29, 1.82) is 0 Å². The molecule has 1 fully saturated rings. The molecule has 0 saturated carbocycles. The van der Waals surface area contributed by atoms with Crippen molar-refractivity contribution in [3.63, 3.8) is 0 Å². The Balaban J connectivity index is 1.43. The van der Waals surface area contributed by atoms with E-state index in [0.29, 0.717) is 5.56 Å². The summed E-state index contributed by atoms with van der Waals surface area (Å²) in [7, 11) is 0. The molecule has 1 unspecified atom stereocenters. The summed E-state index contributed by atoms with van der Waals surface area (Å²) in [6.45, 7) is 1.69. The number of H-pyrrole nitrogens is 1. The lowest BCUT2D eigenvalue weighted by Gasteiger charge is -2.17. The molecule has 2 aromatic heterocycles. The van der Waals surface area contributed by atoms with E-state index in [1.165, 1.54) is 0 Å². The number of anilines is 1. The summed E-state index contributed by atoms with van der Waals surface area (Å²) >= 11 is 0. The Bertz CT molecular complexity index is 829. The molecule has 3 aromatic rings. The SMILES string of the molecule is O=C(NC1CCN(c2ccccn2)C1)c1ccc2nc[nH]c2c1. The van der Waals surface area contributed by atoms with Gasteiger partial charge in [-0.15, -0.1) is 0 Å². The third-order valence-corrected chi connectivity index (χ3v) is 4.18. The fourth-order valence-corrected chi connectivity index (χ4v) is 2.97. The van der Waals surface area contributed by atoms with Gasteiger partial charge in [0.2, 0.25) is 0 Å². The predicted octanol–water partition coefficient (Wildman–Crippen LogP) is 1.97. The number of imidazole rings is 1. The second kappa shape index (κ2) is 5.72. The first-order valence-electron chi connectivity index (χ1n) is 7.69. The largest absolute Gasteiger partial charge is 0.354 e. The van der Waals surface area contributed by atoms with E-state index in [4.69, 9.17) is 0 Å². The number of benzene rings is 1. The van der Waals surface area contributed by atoms with Crippen LogP contribution in [0.2, 0.25) is 0 Å². The number of rotatable bonds is 3. The van der Waals surface area contributed by atoms with E-state index in [-0.39, 0.29) is 11.9 Å². The van der Waals surface area contributed by atoms with E-state index in [0.717, 1.165) is 36.4 Å². The average Bonchev–Trinajstić information content (AvgIpc) is 3.24. The Morgan fingerprint density at radius 3 is 3.09 bits per heavy atom. The van der Waals surface area contributed by atoms with E-state index in [1.54, 1.807) is 12.5 Å². The first kappa shape index (κ1) is 13.8. The fourth-order valence-electron chi connectivity index (χ4n) is 2.97. The number of nitrogens with zero attached hydrogens (tertiary/aromatic N) is 3. The number of pyridine rings is 1. The molecule has 1 amide bonds. The van der Waals surface area contributed by atoms with Crippen LogP contribution >= 0.6 is 0 Å². The van der Waals surface area contributed by atoms with Crippen molar-refractivity contribution in [2.24, 2.45) is 0 Å². The van der Waals surface area contributed by atoms with Crippen LogP contribution in [0.1, 0.15) is 16.8 Å². The highest BCUT2D eigenvalue weighted by Gasteiger charge is 2.25. The quantitative estimate of drug-likeness (QED) is 0.776. The molecule has 1 atom stereocenters. The number of carbonyl (C=O) groups excluding carboxylic acids is 1. The molecule has 0 aliphatic carbocycles. The Kier molecular flexibility index (Phi) is 3.42. The summed E-state index contributed by atoms with van der Waals surface area (Å²) in [5.41, 5.74) is 2.39. The van der Waals surface area contributed by atoms with Gasteiger partial charge in [-0.05, 0) is 36.8 Å². The lowest BCUT2D eigenvalue weighted by atomic mass is 10.1. The number of hydrogen-bond acceptors (Lipinski definition) is 4. The van der Waals surface area contributed by atoms with E-state index in [9.17, 15) is 4.79 Å². The minimum atomic E-state index is -0.0469. The van der Waals surface area contributed by atoms with Gasteiger partial charge in [0.1, 0.15) is 5.82 Å². The molecule has 1 aliphatic rings. The monoisotopic (exact) mass is 307 g/mol. The smallest absolute Gasteiger partial charge is 0.251 e. The maximum atomic E-state index is 12.4. The normalized spacial score (nSPS) is 17.6. The molecular weight excluding hydrogens is 290 g/mol. The first-order valence-corrected chi connectivity index (χ1v) is 7.69. The van der Waals surface area contributed by atoms with Gasteiger partial charge in [0.05, 0.1) is 17.4 Å². The van der Waals surface area contributed by atoms with Crippen LogP contribution in [0.3, 0.4) is 0 Å². The minimum absolute atomic E-state index is 0.0469. The third kappa shape index (κ3) is 2.75. The van der Waals surface area contributed by atoms with E-state index in [2.05, 4.69) is 25.2 Å². The summed E-state index contributed by atoms with van der Waals surface area (Å²) in [6.07, 6.45) is 4.35. The van der Waals surface area contributed by atoms with Crippen LogP contribution in [0.5, 0.6) is 0 Å². The van der Waals surface area contributed by atoms with Crippen LogP contribution in [-0.4, -0.2) is 40.0 Å². The lowest BCUT2D eigenvalue weighted by Crippen LogP contribution is -2.37. The standard InChI is InChI=1S/C17H17N5O/c23-17(12-4-5-14-15(9-12)20-11-19-14)21-13-6-8-22(10-13)16-3-1-2-7-18-16/h1-5,7,9,11,13H,6,8,10H2,(H,19,20)(H,21,23). The molecule has 2 N–H and O–H groups in total. The van der Waals surface area contributed by atoms with Crippen LogP contribution in [0, 0.1) is 0 Å². The van der Waals surface area contributed by atoms with Gasteiger partial charge in [0.15, 0.2) is 0 Å². The summed E-state index contributed by atoms with van der Waals surface area (Å²) in [5.74, 6) is 0.914. The maximum Gasteiger partial charge on any atom is 0.251 e. The highest BCUT2D eigenvalue weighted by Crippen LogP contribution is 2.18. The summed E-state index contributed by atoms with van der Waals surface area (Å²) in [6, 6.07) is 11.5. The number of aromatic amines is 1. The Labute approximate surface area is 133 Å². The van der Waals surface area contributed by atoms with Crippen LogP contribution in [0.25, 0.3) is 11.0 Å². The summed E-state index contributed by atoms with van der Waals surface area (Å²) in [4.78, 5) is 26.2. The average molecular weight is 307 g/mol. The van der Waals surface area contributed by atoms with Crippen molar-refractivity contribution in [3.05, 3.63) is 54.5 Å². The van der Waals surface area contributed by atoms with Crippen molar-refractivity contribution < 1.29 is 4.79 Å². The third-order valence-electron chi connectivity index (χ3n) is 4.18. The Morgan fingerprint density at radius 2 is 2.22 bits per heavy atom. The van der Waals surface area contributed by atoms with Gasteiger partial charge in [-0.1, -0.05) is 6.07 Å². The zero-order chi connectivity index (χ0) is 15.6. The molecule has 6 heteroatoms. The molecule has 1 aliphatic heterocycles. The minimum Gasteiger partial charge on any atom is -0.354 e. The predicted molar refractivity (Wildman–Crippen MR) is 88.4 cm³/mol. The Morgan fingerprint density at radius 1 is 1.26 bits per heavy atom. The van der Waals surface area contributed by atoms with Crippen molar-refractivity contribution in [3.8, 4) is 0 Å². The molecule has 0 bridgehead atoms. The molecule has 0 spiro atoms. The van der Waals surface area contributed by atoms with Crippen molar-refractivity contribution >= 4 is 22.8 Å². The van der Waals surface area contributed by atoms with Gasteiger partial charge < -0.3 is 15.2 Å². The van der Waals surface area contributed by atoms with Gasteiger partial charge in [-0.25, -0.2) is 9.97 Å². The maximum absolute atomic E-state index is 12.4. The molecule has 1 saturated heterocycles. The van der Waals surface area contributed by atoms with Crippen molar-refractivity contribution in [2.45, 2.75) is 12.5 Å². The van der Waals surface area contributed by atoms with Crippen LogP contribution < -0.4 is 10.2 Å². The number of amides is 1. The molecule has 116 valence electrons. The van der Waals surface area contributed by atoms with Crippen LogP contribution in [0.15, 0.2) is 48.9 Å². The summed E-state index contributed by atoms with van der Waals surface area (Å²) in [5, 5.41) is 3.11. The van der Waals surface area contributed by atoms with Gasteiger partial charge in [-0.2, -0.15) is 0 Å². The lowest BCUT2D eigenvalue weighted by molar-refractivity contribution is 0.0940. The number of aromatic nitrogens is 3. The van der Waals surface area contributed by atoms with Crippen LogP contribution in [-0.2, 0) is 0 Å². The molecule has 0 radical (unpaired) electrons. The first-order chi connectivity index (χ1) is 11.3. The Hall–Kier alpha value is -2.89. The van der Waals surface area contributed by atoms with E-state index in [1.807, 2.05) is 36.4 Å². The highest BCUT2D eigenvalue weighted by atomic mass is 16.1. The summed E-state index contributed by atoms with van der Waals surface area (Å²) < 4.78 is 0. The molecule has 3 heterocycles. The molecule has 4 rings (SSSR count). The van der Waals surface area contributed by atoms with Gasteiger partial charge >= 0.3 is 0 Å². The molecule has 1 aromatic carbocycles. The van der Waals surface area contributed by atoms with E-state index < -0.39 is 0 Å². The second-order valence-corrected chi connectivity index (χ2v) is 5.73. The van der Waals surface area contributed by atoms with Gasteiger partial charge in [-0.3, -0.25) is 4.79 Å². The fraction of sp³-hybridized carbons (Fsp3) is 0.235. The van der Waals surface area contributed by atoms with Crippen molar-refractivity contribution in [2.75, 3.05) is 18.0 Å². The number of fused-ring (bicyclic) bond motifs is 1. The molecular formula is C17H17N5O. The second-order valence-electron chi connectivity index (χ2n) is 5.73. The number of carbonyl (C=O) groups is 1. The highest BCUT2D eigenvalue weighted by molar-refractivity contribution is 5.97. The number of hydrogen-bond donors (Lipinski definition) is 2. The van der Waals surface area contributed by atoms with Crippen molar-refractivity contribution in [1.82, 2.24) is 20.3 Å². The molecule has 23 heavy (non-hydrogen) atoms. The van der Waals surface area contributed by atoms with Gasteiger partial charge in [0.25, 0.3) is 5.91 Å². The zero-order valence-corrected chi connectivity index (χ0v) is 12.6. The zero-order valence-electron chi connectivity index (χ0n) is 12.6.